The highest BCUT2D eigenvalue weighted by Crippen LogP contribution is 2.32. The Labute approximate surface area is 146 Å². The number of ether oxygens (including phenoxy) is 1. The third-order valence-electron chi connectivity index (χ3n) is 4.02. The zero-order valence-corrected chi connectivity index (χ0v) is 14.7. The molecule has 2 aromatic rings. The predicted octanol–water partition coefficient (Wildman–Crippen LogP) is 4.48. The highest BCUT2D eigenvalue weighted by atomic mass is 35.5. The van der Waals surface area contributed by atoms with E-state index >= 15 is 0 Å². The summed E-state index contributed by atoms with van der Waals surface area (Å²) >= 11 is 12.1. The molecule has 0 bridgehead atoms. The Bertz CT molecular complexity index is 693. The first-order chi connectivity index (χ1) is 11.1. The smallest absolute Gasteiger partial charge is 0.135 e. The van der Waals surface area contributed by atoms with Gasteiger partial charge in [0.15, 0.2) is 0 Å². The number of hydrogen-bond acceptors (Lipinski definition) is 4. The van der Waals surface area contributed by atoms with Gasteiger partial charge in [0.1, 0.15) is 18.2 Å². The number of aromatic nitrogens is 2. The lowest BCUT2D eigenvalue weighted by atomic mass is 10.0. The molecule has 0 unspecified atom stereocenters. The number of halogens is 2. The molecule has 2 heterocycles. The lowest BCUT2D eigenvalue weighted by Crippen LogP contribution is -2.39. The van der Waals surface area contributed by atoms with Gasteiger partial charge in [0.2, 0.25) is 0 Å². The summed E-state index contributed by atoms with van der Waals surface area (Å²) < 4.78 is 5.92. The molecule has 0 amide bonds. The van der Waals surface area contributed by atoms with Crippen LogP contribution in [0.5, 0.6) is 0 Å². The zero-order valence-electron chi connectivity index (χ0n) is 13.2. The van der Waals surface area contributed by atoms with Gasteiger partial charge in [-0.2, -0.15) is 0 Å². The minimum atomic E-state index is -0.0477. The SMILES string of the molecule is CC(C)c1cncnc1N1CCO[C@H](c2ccc(Cl)c(Cl)c2)C1. The van der Waals surface area contributed by atoms with Crippen molar-refractivity contribution in [3.8, 4) is 0 Å². The van der Waals surface area contributed by atoms with Gasteiger partial charge in [-0.3, -0.25) is 0 Å². The molecule has 1 aromatic heterocycles. The molecule has 3 rings (SSSR count). The van der Waals surface area contributed by atoms with Crippen LogP contribution in [0, 0.1) is 0 Å². The molecule has 122 valence electrons. The first-order valence-corrected chi connectivity index (χ1v) is 8.43. The van der Waals surface area contributed by atoms with Crippen LogP contribution < -0.4 is 4.90 Å². The first kappa shape index (κ1) is 16.5. The molecule has 1 aromatic carbocycles. The number of morpholine rings is 1. The fourth-order valence-electron chi connectivity index (χ4n) is 2.76. The number of anilines is 1. The van der Waals surface area contributed by atoms with Crippen molar-refractivity contribution >= 4 is 29.0 Å². The van der Waals surface area contributed by atoms with E-state index in [0.717, 1.165) is 30.0 Å². The molecule has 1 atom stereocenters. The van der Waals surface area contributed by atoms with Gasteiger partial charge in [0.25, 0.3) is 0 Å². The van der Waals surface area contributed by atoms with Gasteiger partial charge in [-0.25, -0.2) is 9.97 Å². The molecule has 0 aliphatic carbocycles. The zero-order chi connectivity index (χ0) is 16.4. The number of rotatable bonds is 3. The van der Waals surface area contributed by atoms with E-state index in [1.165, 1.54) is 0 Å². The van der Waals surface area contributed by atoms with Crippen LogP contribution in [0.1, 0.15) is 37.0 Å². The lowest BCUT2D eigenvalue weighted by molar-refractivity contribution is 0.0394. The third-order valence-corrected chi connectivity index (χ3v) is 4.76. The van der Waals surface area contributed by atoms with Crippen molar-refractivity contribution in [2.75, 3.05) is 24.6 Å². The molecular weight excluding hydrogens is 333 g/mol. The fraction of sp³-hybridized carbons (Fsp3) is 0.412. The van der Waals surface area contributed by atoms with Gasteiger partial charge in [-0.1, -0.05) is 43.1 Å². The lowest BCUT2D eigenvalue weighted by Gasteiger charge is -2.35. The summed E-state index contributed by atoms with van der Waals surface area (Å²) in [6.07, 6.45) is 3.45. The van der Waals surface area contributed by atoms with E-state index < -0.39 is 0 Å². The maximum Gasteiger partial charge on any atom is 0.135 e. The number of benzene rings is 1. The van der Waals surface area contributed by atoms with Crippen LogP contribution in [0.25, 0.3) is 0 Å². The van der Waals surface area contributed by atoms with Crippen LogP contribution >= 0.6 is 23.2 Å². The Hall–Kier alpha value is -1.36. The third kappa shape index (κ3) is 3.60. The maximum absolute atomic E-state index is 6.13. The van der Waals surface area contributed by atoms with Crippen LogP contribution in [0.2, 0.25) is 10.0 Å². The van der Waals surface area contributed by atoms with Crippen LogP contribution in [0.3, 0.4) is 0 Å². The molecule has 4 nitrogen and oxygen atoms in total. The van der Waals surface area contributed by atoms with Crippen LogP contribution in [-0.4, -0.2) is 29.7 Å². The van der Waals surface area contributed by atoms with Crippen LogP contribution in [0.4, 0.5) is 5.82 Å². The van der Waals surface area contributed by atoms with E-state index in [1.54, 1.807) is 6.33 Å². The van der Waals surface area contributed by atoms with Gasteiger partial charge >= 0.3 is 0 Å². The van der Waals surface area contributed by atoms with Crippen molar-refractivity contribution in [3.05, 3.63) is 51.9 Å². The van der Waals surface area contributed by atoms with Gasteiger partial charge < -0.3 is 9.64 Å². The molecule has 0 N–H and O–H groups in total. The summed E-state index contributed by atoms with van der Waals surface area (Å²) in [6, 6.07) is 5.65. The van der Waals surface area contributed by atoms with Crippen molar-refractivity contribution < 1.29 is 4.74 Å². The van der Waals surface area contributed by atoms with Gasteiger partial charge in [0, 0.05) is 24.8 Å². The minimum Gasteiger partial charge on any atom is -0.370 e. The van der Waals surface area contributed by atoms with Crippen molar-refractivity contribution in [1.82, 2.24) is 9.97 Å². The summed E-state index contributed by atoms with van der Waals surface area (Å²) in [7, 11) is 0. The van der Waals surface area contributed by atoms with Gasteiger partial charge in [0.05, 0.1) is 16.7 Å². The second kappa shape index (κ2) is 7.04. The Balaban J connectivity index is 1.85. The van der Waals surface area contributed by atoms with Gasteiger partial charge in [-0.05, 0) is 23.6 Å². The van der Waals surface area contributed by atoms with Crippen molar-refractivity contribution in [3.63, 3.8) is 0 Å². The Morgan fingerprint density at radius 2 is 2.09 bits per heavy atom. The van der Waals surface area contributed by atoms with E-state index in [4.69, 9.17) is 27.9 Å². The summed E-state index contributed by atoms with van der Waals surface area (Å²) in [5.74, 6) is 1.36. The van der Waals surface area contributed by atoms with Gasteiger partial charge in [-0.15, -0.1) is 0 Å². The average molecular weight is 352 g/mol. The highest BCUT2D eigenvalue weighted by Gasteiger charge is 2.25. The maximum atomic E-state index is 6.13. The summed E-state index contributed by atoms with van der Waals surface area (Å²) in [5.41, 5.74) is 2.19. The molecule has 1 fully saturated rings. The first-order valence-electron chi connectivity index (χ1n) is 7.67. The largest absolute Gasteiger partial charge is 0.370 e. The minimum absolute atomic E-state index is 0.0477. The highest BCUT2D eigenvalue weighted by molar-refractivity contribution is 6.42. The van der Waals surface area contributed by atoms with Crippen molar-refractivity contribution in [2.45, 2.75) is 25.9 Å². The normalized spacial score (nSPS) is 18.5. The summed E-state index contributed by atoms with van der Waals surface area (Å²) in [6.45, 7) is 6.49. The molecule has 6 heteroatoms. The topological polar surface area (TPSA) is 38.2 Å². The van der Waals surface area contributed by atoms with E-state index in [-0.39, 0.29) is 6.10 Å². The molecule has 0 saturated carbocycles. The standard InChI is InChI=1S/C17H19Cl2N3O/c1-11(2)13-8-20-10-21-17(13)22-5-6-23-16(9-22)12-3-4-14(18)15(19)7-12/h3-4,7-8,10-11,16H,5-6,9H2,1-2H3/t16-/m0/s1. The molecular formula is C17H19Cl2N3O. The number of hydrogen-bond donors (Lipinski definition) is 0. The average Bonchev–Trinajstić information content (AvgIpc) is 2.57. The molecule has 0 spiro atoms. The second-order valence-corrected chi connectivity index (χ2v) is 6.75. The summed E-state index contributed by atoms with van der Waals surface area (Å²) in [4.78, 5) is 10.9. The second-order valence-electron chi connectivity index (χ2n) is 5.94. The Kier molecular flexibility index (Phi) is 5.05. The monoisotopic (exact) mass is 351 g/mol. The summed E-state index contributed by atoms with van der Waals surface area (Å²) in [5, 5.41) is 1.11. The van der Waals surface area contributed by atoms with E-state index in [9.17, 15) is 0 Å². The molecule has 0 radical (unpaired) electrons. The fourth-order valence-corrected chi connectivity index (χ4v) is 3.07. The van der Waals surface area contributed by atoms with E-state index in [1.807, 2.05) is 24.4 Å². The Morgan fingerprint density at radius 1 is 1.26 bits per heavy atom. The van der Waals surface area contributed by atoms with Crippen molar-refractivity contribution in [2.24, 2.45) is 0 Å². The van der Waals surface area contributed by atoms with Crippen LogP contribution in [0.15, 0.2) is 30.7 Å². The van der Waals surface area contributed by atoms with Crippen molar-refractivity contribution in [1.29, 1.82) is 0 Å². The van der Waals surface area contributed by atoms with E-state index in [2.05, 4.69) is 28.7 Å². The molecule has 1 aliphatic rings. The quantitative estimate of drug-likeness (QED) is 0.816. The molecule has 23 heavy (non-hydrogen) atoms. The predicted molar refractivity (Wildman–Crippen MR) is 93.5 cm³/mol. The molecule has 1 saturated heterocycles. The number of nitrogens with zero attached hydrogens (tertiary/aromatic N) is 3. The molecule has 1 aliphatic heterocycles. The Morgan fingerprint density at radius 3 is 2.83 bits per heavy atom. The van der Waals surface area contributed by atoms with E-state index in [0.29, 0.717) is 22.6 Å². The van der Waals surface area contributed by atoms with Crippen LogP contribution in [-0.2, 0) is 4.74 Å².